The Kier molecular flexibility index (Phi) is 3.75. The van der Waals surface area contributed by atoms with Gasteiger partial charge in [0.2, 0.25) is 0 Å². The monoisotopic (exact) mass is 322 g/mol. The third-order valence-corrected chi connectivity index (χ3v) is 5.34. The number of benzene rings is 1. The van der Waals surface area contributed by atoms with Crippen molar-refractivity contribution in [3.05, 3.63) is 53.3 Å². The molecule has 1 amide bonds. The van der Waals surface area contributed by atoms with E-state index in [1.165, 1.54) is 5.57 Å². The van der Waals surface area contributed by atoms with Gasteiger partial charge in [0.1, 0.15) is 17.0 Å². The van der Waals surface area contributed by atoms with Crippen molar-refractivity contribution in [3.63, 3.8) is 0 Å². The summed E-state index contributed by atoms with van der Waals surface area (Å²) in [5.74, 6) is 1.85. The summed E-state index contributed by atoms with van der Waals surface area (Å²) in [5, 5.41) is 4.15. The predicted octanol–water partition coefficient (Wildman–Crippen LogP) is 4.08. The largest absolute Gasteiger partial charge is 0.360 e. The lowest BCUT2D eigenvalue weighted by molar-refractivity contribution is 0.0783. The van der Waals surface area contributed by atoms with Crippen LogP contribution in [0.3, 0.4) is 0 Å². The van der Waals surface area contributed by atoms with Gasteiger partial charge in [0, 0.05) is 18.7 Å². The number of nitrogens with zero attached hydrogens (tertiary/aromatic N) is 2. The highest BCUT2D eigenvalue weighted by Gasteiger charge is 2.38. The van der Waals surface area contributed by atoms with E-state index in [1.54, 1.807) is 0 Å². The Morgan fingerprint density at radius 1 is 1.17 bits per heavy atom. The van der Waals surface area contributed by atoms with Crippen LogP contribution in [0.25, 0.3) is 11.3 Å². The zero-order valence-electron chi connectivity index (χ0n) is 14.2. The third kappa shape index (κ3) is 2.56. The second kappa shape index (κ2) is 5.93. The molecule has 4 nitrogen and oxygen atoms in total. The molecule has 4 rings (SSSR count). The van der Waals surface area contributed by atoms with Gasteiger partial charge in [0.25, 0.3) is 5.91 Å². The number of hydrogen-bond acceptors (Lipinski definition) is 3. The number of amides is 1. The number of allylic oxidation sites excluding steroid dienone is 2. The molecule has 0 saturated carbocycles. The second-order valence-electron chi connectivity index (χ2n) is 7.05. The van der Waals surface area contributed by atoms with E-state index in [0.29, 0.717) is 28.9 Å². The number of carbonyl (C=O) groups is 1. The van der Waals surface area contributed by atoms with Crippen molar-refractivity contribution in [2.75, 3.05) is 13.1 Å². The van der Waals surface area contributed by atoms with Crippen molar-refractivity contribution < 1.29 is 9.32 Å². The smallest absolute Gasteiger partial charge is 0.259 e. The molecule has 2 aromatic rings. The van der Waals surface area contributed by atoms with Gasteiger partial charge in [0.05, 0.1) is 0 Å². The van der Waals surface area contributed by atoms with Crippen LogP contribution in [-0.2, 0) is 0 Å². The van der Waals surface area contributed by atoms with Gasteiger partial charge in [-0.05, 0) is 38.5 Å². The van der Waals surface area contributed by atoms with Crippen LogP contribution >= 0.6 is 0 Å². The Morgan fingerprint density at radius 2 is 1.92 bits per heavy atom. The summed E-state index contributed by atoms with van der Waals surface area (Å²) in [6, 6.07) is 9.79. The van der Waals surface area contributed by atoms with Crippen LogP contribution in [-0.4, -0.2) is 29.1 Å². The average molecular weight is 322 g/mol. The fourth-order valence-electron chi connectivity index (χ4n) is 4.03. The Morgan fingerprint density at radius 3 is 2.71 bits per heavy atom. The molecular formula is C20H22N2O2. The third-order valence-electron chi connectivity index (χ3n) is 5.34. The molecule has 0 radical (unpaired) electrons. The number of aryl methyl sites for hydroxylation is 1. The summed E-state index contributed by atoms with van der Waals surface area (Å²) in [7, 11) is 0. The first-order chi connectivity index (χ1) is 11.6. The molecule has 124 valence electrons. The lowest BCUT2D eigenvalue weighted by Crippen LogP contribution is -2.29. The van der Waals surface area contributed by atoms with Crippen LogP contribution < -0.4 is 0 Å². The highest BCUT2D eigenvalue weighted by molar-refractivity contribution is 6.01. The predicted molar refractivity (Wildman–Crippen MR) is 92.6 cm³/mol. The van der Waals surface area contributed by atoms with Gasteiger partial charge in [0.15, 0.2) is 0 Å². The summed E-state index contributed by atoms with van der Waals surface area (Å²) < 4.78 is 5.36. The maximum absolute atomic E-state index is 13.2. The zero-order valence-corrected chi connectivity index (χ0v) is 14.2. The average Bonchev–Trinajstić information content (AvgIpc) is 3.18. The number of rotatable bonds is 2. The summed E-state index contributed by atoms with van der Waals surface area (Å²) in [6.07, 6.45) is 4.53. The Bertz CT molecular complexity index is 791. The standard InChI is InChI=1S/C20H22N2O2/c1-13-8-9-16-11-22(12-17(16)10-13)20(23)18-14(2)24-21-19(18)15-6-4-3-5-7-15/h3-8,16-17H,9-12H2,1-2H3/t16-,17+/m1/s1. The molecule has 1 aliphatic carbocycles. The van der Waals surface area contributed by atoms with Crippen molar-refractivity contribution in [2.24, 2.45) is 11.8 Å². The maximum Gasteiger partial charge on any atom is 0.259 e. The van der Waals surface area contributed by atoms with E-state index in [-0.39, 0.29) is 5.91 Å². The molecule has 4 heteroatoms. The van der Waals surface area contributed by atoms with Crippen LogP contribution in [0, 0.1) is 18.8 Å². The number of aromatic nitrogens is 1. The van der Waals surface area contributed by atoms with E-state index in [4.69, 9.17) is 4.52 Å². The van der Waals surface area contributed by atoms with Crippen LogP contribution in [0.15, 0.2) is 46.5 Å². The fraction of sp³-hybridized carbons (Fsp3) is 0.400. The van der Waals surface area contributed by atoms with Gasteiger partial charge in [-0.25, -0.2) is 0 Å². The van der Waals surface area contributed by atoms with Crippen LogP contribution in [0.2, 0.25) is 0 Å². The molecule has 2 heterocycles. The molecule has 0 spiro atoms. The normalized spacial score (nSPS) is 23.1. The minimum Gasteiger partial charge on any atom is -0.360 e. The molecule has 1 aliphatic heterocycles. The first kappa shape index (κ1) is 15.2. The summed E-state index contributed by atoms with van der Waals surface area (Å²) in [6.45, 7) is 5.69. The molecule has 1 aromatic heterocycles. The Balaban J connectivity index is 1.61. The summed E-state index contributed by atoms with van der Waals surface area (Å²) in [5.41, 5.74) is 3.65. The van der Waals surface area contributed by atoms with Crippen LogP contribution in [0.4, 0.5) is 0 Å². The van der Waals surface area contributed by atoms with Crippen molar-refractivity contribution in [3.8, 4) is 11.3 Å². The van der Waals surface area contributed by atoms with E-state index in [1.807, 2.05) is 42.2 Å². The van der Waals surface area contributed by atoms with Crippen molar-refractivity contribution in [1.29, 1.82) is 0 Å². The molecule has 1 saturated heterocycles. The van der Waals surface area contributed by atoms with E-state index >= 15 is 0 Å². The zero-order chi connectivity index (χ0) is 16.7. The molecule has 1 fully saturated rings. The van der Waals surface area contributed by atoms with Crippen molar-refractivity contribution in [1.82, 2.24) is 10.1 Å². The first-order valence-electron chi connectivity index (χ1n) is 8.60. The Labute approximate surface area is 142 Å². The highest BCUT2D eigenvalue weighted by Crippen LogP contribution is 2.37. The van der Waals surface area contributed by atoms with Gasteiger partial charge in [-0.3, -0.25) is 4.79 Å². The lowest BCUT2D eigenvalue weighted by Gasteiger charge is -2.21. The molecular weight excluding hydrogens is 300 g/mol. The summed E-state index contributed by atoms with van der Waals surface area (Å²) >= 11 is 0. The summed E-state index contributed by atoms with van der Waals surface area (Å²) in [4.78, 5) is 15.2. The van der Waals surface area contributed by atoms with Gasteiger partial charge in [-0.2, -0.15) is 0 Å². The minimum absolute atomic E-state index is 0.0552. The van der Waals surface area contributed by atoms with Crippen LogP contribution in [0.1, 0.15) is 35.9 Å². The van der Waals surface area contributed by atoms with E-state index in [2.05, 4.69) is 18.2 Å². The van der Waals surface area contributed by atoms with Crippen LogP contribution in [0.5, 0.6) is 0 Å². The number of likely N-dealkylation sites (tertiary alicyclic amines) is 1. The molecule has 2 atom stereocenters. The first-order valence-corrected chi connectivity index (χ1v) is 8.60. The minimum atomic E-state index is 0.0552. The quantitative estimate of drug-likeness (QED) is 0.783. The van der Waals surface area contributed by atoms with E-state index in [0.717, 1.165) is 31.5 Å². The number of fused-ring (bicyclic) bond motifs is 1. The lowest BCUT2D eigenvalue weighted by atomic mass is 9.83. The maximum atomic E-state index is 13.2. The van der Waals surface area contributed by atoms with Gasteiger partial charge < -0.3 is 9.42 Å². The topological polar surface area (TPSA) is 46.3 Å². The van der Waals surface area contributed by atoms with Crippen molar-refractivity contribution in [2.45, 2.75) is 26.7 Å². The molecule has 0 N–H and O–H groups in total. The highest BCUT2D eigenvalue weighted by atomic mass is 16.5. The van der Waals surface area contributed by atoms with Gasteiger partial charge >= 0.3 is 0 Å². The molecule has 2 aliphatic rings. The second-order valence-corrected chi connectivity index (χ2v) is 7.05. The van der Waals surface area contributed by atoms with E-state index in [9.17, 15) is 4.79 Å². The van der Waals surface area contributed by atoms with E-state index < -0.39 is 0 Å². The molecule has 1 aromatic carbocycles. The Hall–Kier alpha value is -2.36. The fourth-order valence-corrected chi connectivity index (χ4v) is 4.03. The SMILES string of the molecule is CC1=CC[C@@H]2CN(C(=O)c3c(-c4ccccc4)noc3C)C[C@@H]2C1. The number of carbonyl (C=O) groups excluding carboxylic acids is 1. The molecule has 0 unspecified atom stereocenters. The molecule has 0 bridgehead atoms. The molecule has 24 heavy (non-hydrogen) atoms. The van der Waals surface area contributed by atoms with Gasteiger partial charge in [-0.15, -0.1) is 0 Å². The number of hydrogen-bond donors (Lipinski definition) is 0. The van der Waals surface area contributed by atoms with Crippen molar-refractivity contribution >= 4 is 5.91 Å². The van der Waals surface area contributed by atoms with Gasteiger partial charge in [-0.1, -0.05) is 47.1 Å².